The molecule has 2 saturated heterocycles. The lowest BCUT2D eigenvalue weighted by atomic mass is 9.84. The molecule has 1 atom stereocenters. The highest BCUT2D eigenvalue weighted by molar-refractivity contribution is 5.79. The number of hydrogen-bond acceptors (Lipinski definition) is 4. The Labute approximate surface area is 159 Å². The Morgan fingerprint density at radius 1 is 1.27 bits per heavy atom. The van der Waals surface area contributed by atoms with E-state index in [1.165, 1.54) is 45.3 Å². The van der Waals surface area contributed by atoms with Crippen LogP contribution in [0.1, 0.15) is 52.4 Å². The van der Waals surface area contributed by atoms with E-state index in [2.05, 4.69) is 29.4 Å². The number of ether oxygens (including phenoxy) is 1. The fourth-order valence-electron chi connectivity index (χ4n) is 3.83. The molecule has 152 valence electrons. The summed E-state index contributed by atoms with van der Waals surface area (Å²) in [4.78, 5) is 7.38. The molecule has 2 heterocycles. The van der Waals surface area contributed by atoms with Gasteiger partial charge in [0.05, 0.1) is 13.2 Å². The standard InChI is InChI=1S/C20H40N4O2/c1-3-21-19(23-16-20(8-14-25)9-15-26-17-20)22-10-4-5-11-24-12-6-18(2)7-13-24/h18,25H,3-17H2,1-2H3,(H2,21,22,23). The first-order chi connectivity index (χ1) is 12.7. The zero-order valence-electron chi connectivity index (χ0n) is 16.9. The van der Waals surface area contributed by atoms with Gasteiger partial charge in [0.25, 0.3) is 0 Å². The zero-order chi connectivity index (χ0) is 18.7. The van der Waals surface area contributed by atoms with Crippen LogP contribution in [0, 0.1) is 11.3 Å². The predicted octanol–water partition coefficient (Wildman–Crippen LogP) is 1.84. The number of nitrogens with zero attached hydrogens (tertiary/aromatic N) is 2. The van der Waals surface area contributed by atoms with Gasteiger partial charge in [-0.25, -0.2) is 0 Å². The fraction of sp³-hybridized carbons (Fsp3) is 0.950. The summed E-state index contributed by atoms with van der Waals surface area (Å²) in [6.07, 6.45) is 6.88. The van der Waals surface area contributed by atoms with Crippen LogP contribution < -0.4 is 10.6 Å². The number of aliphatic hydroxyl groups excluding tert-OH is 1. The number of likely N-dealkylation sites (tertiary alicyclic amines) is 1. The molecule has 6 heteroatoms. The lowest BCUT2D eigenvalue weighted by Crippen LogP contribution is -2.39. The quantitative estimate of drug-likeness (QED) is 0.312. The molecule has 0 spiro atoms. The van der Waals surface area contributed by atoms with E-state index < -0.39 is 0 Å². The van der Waals surface area contributed by atoms with Crippen LogP contribution >= 0.6 is 0 Å². The van der Waals surface area contributed by atoms with Gasteiger partial charge in [0.15, 0.2) is 5.96 Å². The molecular formula is C20H40N4O2. The van der Waals surface area contributed by atoms with Crippen LogP contribution in [-0.4, -0.2) is 75.1 Å². The largest absolute Gasteiger partial charge is 0.396 e. The van der Waals surface area contributed by atoms with Crippen molar-refractivity contribution in [3.8, 4) is 0 Å². The van der Waals surface area contributed by atoms with Gasteiger partial charge in [-0.3, -0.25) is 4.99 Å². The lowest BCUT2D eigenvalue weighted by Gasteiger charge is -2.30. The summed E-state index contributed by atoms with van der Waals surface area (Å²) in [5.41, 5.74) is 0.0164. The number of rotatable bonds is 10. The highest BCUT2D eigenvalue weighted by atomic mass is 16.5. The van der Waals surface area contributed by atoms with Crippen molar-refractivity contribution in [3.63, 3.8) is 0 Å². The molecule has 0 amide bonds. The molecule has 2 rings (SSSR count). The maximum Gasteiger partial charge on any atom is 0.191 e. The summed E-state index contributed by atoms with van der Waals surface area (Å²) in [5, 5.41) is 16.1. The maximum absolute atomic E-state index is 9.34. The maximum atomic E-state index is 9.34. The first-order valence-corrected chi connectivity index (χ1v) is 10.6. The second kappa shape index (κ2) is 11.8. The molecule has 0 aromatic heterocycles. The highest BCUT2D eigenvalue weighted by Gasteiger charge is 2.34. The van der Waals surface area contributed by atoms with Crippen molar-refractivity contribution in [2.45, 2.75) is 52.4 Å². The van der Waals surface area contributed by atoms with Gasteiger partial charge < -0.3 is 25.4 Å². The van der Waals surface area contributed by atoms with E-state index in [4.69, 9.17) is 9.73 Å². The van der Waals surface area contributed by atoms with Crippen LogP contribution in [0.5, 0.6) is 0 Å². The number of aliphatic hydroxyl groups is 1. The highest BCUT2D eigenvalue weighted by Crippen LogP contribution is 2.32. The molecule has 1 unspecified atom stereocenters. The normalized spacial score (nSPS) is 25.6. The van der Waals surface area contributed by atoms with E-state index in [1.54, 1.807) is 0 Å². The summed E-state index contributed by atoms with van der Waals surface area (Å²) in [6.45, 7) is 12.5. The van der Waals surface area contributed by atoms with Crippen LogP contribution in [-0.2, 0) is 4.74 Å². The van der Waals surface area contributed by atoms with E-state index in [9.17, 15) is 5.11 Å². The van der Waals surface area contributed by atoms with E-state index >= 15 is 0 Å². The number of aliphatic imine (C=N–C) groups is 1. The van der Waals surface area contributed by atoms with E-state index in [0.29, 0.717) is 6.61 Å². The molecule has 2 aliphatic heterocycles. The van der Waals surface area contributed by atoms with Crippen molar-refractivity contribution in [1.29, 1.82) is 0 Å². The molecule has 0 aromatic carbocycles. The van der Waals surface area contributed by atoms with E-state index in [0.717, 1.165) is 51.0 Å². The minimum Gasteiger partial charge on any atom is -0.396 e. The Hall–Kier alpha value is -0.850. The number of nitrogens with one attached hydrogen (secondary N) is 2. The lowest BCUT2D eigenvalue weighted by molar-refractivity contribution is 0.131. The third-order valence-corrected chi connectivity index (χ3v) is 5.81. The monoisotopic (exact) mass is 368 g/mol. The molecule has 2 aliphatic rings. The molecule has 3 N–H and O–H groups in total. The SMILES string of the molecule is CCNC(=NCC1(CCO)CCOC1)NCCCCN1CCC(C)CC1. The summed E-state index contributed by atoms with van der Waals surface area (Å²) in [5.74, 6) is 1.80. The van der Waals surface area contributed by atoms with Gasteiger partial charge in [-0.2, -0.15) is 0 Å². The van der Waals surface area contributed by atoms with Gasteiger partial charge in [-0.15, -0.1) is 0 Å². The third-order valence-electron chi connectivity index (χ3n) is 5.81. The van der Waals surface area contributed by atoms with Gasteiger partial charge in [0, 0.05) is 31.7 Å². The summed E-state index contributed by atoms with van der Waals surface area (Å²) < 4.78 is 5.56. The Bertz CT molecular complexity index is 403. The first-order valence-electron chi connectivity index (χ1n) is 10.6. The van der Waals surface area contributed by atoms with Crippen LogP contribution in [0.2, 0.25) is 0 Å². The van der Waals surface area contributed by atoms with Crippen molar-refractivity contribution >= 4 is 5.96 Å². The van der Waals surface area contributed by atoms with Crippen LogP contribution in [0.4, 0.5) is 0 Å². The molecule has 0 aromatic rings. The van der Waals surface area contributed by atoms with Gasteiger partial charge in [0.1, 0.15) is 0 Å². The third kappa shape index (κ3) is 7.41. The molecule has 0 saturated carbocycles. The second-order valence-corrected chi connectivity index (χ2v) is 8.13. The number of hydrogen-bond donors (Lipinski definition) is 3. The molecule has 0 radical (unpaired) electrons. The van der Waals surface area contributed by atoms with E-state index in [-0.39, 0.29) is 12.0 Å². The molecule has 6 nitrogen and oxygen atoms in total. The summed E-state index contributed by atoms with van der Waals surface area (Å²) in [7, 11) is 0. The zero-order valence-corrected chi connectivity index (χ0v) is 16.9. The number of unbranched alkanes of at least 4 members (excludes halogenated alkanes) is 1. The van der Waals surface area contributed by atoms with Crippen molar-refractivity contribution in [2.75, 3.05) is 59.1 Å². The predicted molar refractivity (Wildman–Crippen MR) is 108 cm³/mol. The molecule has 2 fully saturated rings. The average Bonchev–Trinajstić information content (AvgIpc) is 3.10. The average molecular weight is 369 g/mol. The Kier molecular flexibility index (Phi) is 9.72. The fourth-order valence-corrected chi connectivity index (χ4v) is 3.83. The van der Waals surface area contributed by atoms with Gasteiger partial charge in [-0.05, 0) is 71.0 Å². The first kappa shape index (κ1) is 21.5. The topological polar surface area (TPSA) is 69.1 Å². The van der Waals surface area contributed by atoms with Gasteiger partial charge in [-0.1, -0.05) is 6.92 Å². The van der Waals surface area contributed by atoms with Crippen molar-refractivity contribution in [3.05, 3.63) is 0 Å². The molecule has 0 aliphatic carbocycles. The molecule has 26 heavy (non-hydrogen) atoms. The van der Waals surface area contributed by atoms with E-state index in [1.807, 2.05) is 0 Å². The van der Waals surface area contributed by atoms with Crippen LogP contribution in [0.25, 0.3) is 0 Å². The minimum atomic E-state index is 0.0164. The van der Waals surface area contributed by atoms with Crippen LogP contribution in [0.15, 0.2) is 4.99 Å². The Morgan fingerprint density at radius 3 is 2.73 bits per heavy atom. The number of piperidine rings is 1. The smallest absolute Gasteiger partial charge is 0.191 e. The van der Waals surface area contributed by atoms with Gasteiger partial charge >= 0.3 is 0 Å². The van der Waals surface area contributed by atoms with Crippen LogP contribution in [0.3, 0.4) is 0 Å². The molecule has 0 bridgehead atoms. The summed E-state index contributed by atoms with van der Waals surface area (Å²) >= 11 is 0. The number of guanidine groups is 1. The minimum absolute atomic E-state index is 0.0164. The van der Waals surface area contributed by atoms with Gasteiger partial charge in [0.2, 0.25) is 0 Å². The Balaban J connectivity index is 1.66. The summed E-state index contributed by atoms with van der Waals surface area (Å²) in [6, 6.07) is 0. The molecular weight excluding hydrogens is 328 g/mol. The van der Waals surface area contributed by atoms with Crippen molar-refractivity contribution in [2.24, 2.45) is 16.3 Å². The second-order valence-electron chi connectivity index (χ2n) is 8.13. The van der Waals surface area contributed by atoms with Crippen molar-refractivity contribution < 1.29 is 9.84 Å². The van der Waals surface area contributed by atoms with Crippen molar-refractivity contribution in [1.82, 2.24) is 15.5 Å². The Morgan fingerprint density at radius 2 is 2.08 bits per heavy atom.